The van der Waals surface area contributed by atoms with Crippen molar-refractivity contribution in [2.24, 2.45) is 5.73 Å². The van der Waals surface area contributed by atoms with Crippen LogP contribution < -0.4 is 10.5 Å². The van der Waals surface area contributed by atoms with Gasteiger partial charge in [-0.25, -0.2) is 4.39 Å². The molecule has 0 amide bonds. The lowest BCUT2D eigenvalue weighted by molar-refractivity contribution is 0.386. The molecule has 2 nitrogen and oxygen atoms in total. The van der Waals surface area contributed by atoms with Gasteiger partial charge in [-0.15, -0.1) is 0 Å². The van der Waals surface area contributed by atoms with Gasteiger partial charge in [-0.2, -0.15) is 0 Å². The van der Waals surface area contributed by atoms with E-state index in [1.165, 1.54) is 29.9 Å². The van der Waals surface area contributed by atoms with Crippen molar-refractivity contribution in [3.63, 3.8) is 0 Å². The molecule has 21 heavy (non-hydrogen) atoms. The first-order valence-electron chi connectivity index (χ1n) is 7.14. The Bertz CT molecular complexity index is 604. The third-order valence-electron chi connectivity index (χ3n) is 3.70. The standard InChI is InChI=1S/C18H22FNO/c1-12-6-13(2)8-14(7-12)9-16(11-20)15-4-5-18(21-3)17(19)10-15/h4-8,10,16H,9,11,20H2,1-3H3. The molecule has 0 aliphatic heterocycles. The fraction of sp³-hybridized carbons (Fsp3) is 0.333. The number of hydrogen-bond acceptors (Lipinski definition) is 2. The Morgan fingerprint density at radius 1 is 1.10 bits per heavy atom. The van der Waals surface area contributed by atoms with Crippen molar-refractivity contribution < 1.29 is 9.13 Å². The zero-order valence-corrected chi connectivity index (χ0v) is 12.8. The monoisotopic (exact) mass is 287 g/mol. The summed E-state index contributed by atoms with van der Waals surface area (Å²) in [5.41, 5.74) is 10.5. The molecule has 0 heterocycles. The van der Waals surface area contributed by atoms with Gasteiger partial charge >= 0.3 is 0 Å². The van der Waals surface area contributed by atoms with E-state index in [0.29, 0.717) is 6.54 Å². The van der Waals surface area contributed by atoms with Gasteiger partial charge in [0, 0.05) is 5.92 Å². The lowest BCUT2D eigenvalue weighted by Gasteiger charge is -2.17. The molecule has 1 unspecified atom stereocenters. The van der Waals surface area contributed by atoms with Crippen LogP contribution in [0.25, 0.3) is 0 Å². The molecule has 0 fully saturated rings. The number of nitrogens with two attached hydrogens (primary N) is 1. The summed E-state index contributed by atoms with van der Waals surface area (Å²) in [4.78, 5) is 0. The first-order chi connectivity index (χ1) is 10.0. The molecule has 0 aromatic heterocycles. The molecule has 0 aliphatic rings. The van der Waals surface area contributed by atoms with Crippen LogP contribution in [0.4, 0.5) is 4.39 Å². The van der Waals surface area contributed by atoms with Crippen LogP contribution in [0.15, 0.2) is 36.4 Å². The Morgan fingerprint density at radius 2 is 1.76 bits per heavy atom. The number of ether oxygens (including phenoxy) is 1. The highest BCUT2D eigenvalue weighted by Crippen LogP contribution is 2.26. The quantitative estimate of drug-likeness (QED) is 0.909. The van der Waals surface area contributed by atoms with Crippen LogP contribution in [-0.4, -0.2) is 13.7 Å². The van der Waals surface area contributed by atoms with Gasteiger partial charge in [0.15, 0.2) is 11.6 Å². The highest BCUT2D eigenvalue weighted by molar-refractivity contribution is 5.34. The number of rotatable bonds is 5. The summed E-state index contributed by atoms with van der Waals surface area (Å²) in [6, 6.07) is 11.6. The van der Waals surface area contributed by atoms with E-state index in [9.17, 15) is 4.39 Å². The van der Waals surface area contributed by atoms with E-state index in [4.69, 9.17) is 10.5 Å². The van der Waals surface area contributed by atoms with Gasteiger partial charge in [0.25, 0.3) is 0 Å². The molecule has 0 radical (unpaired) electrons. The fourth-order valence-corrected chi connectivity index (χ4v) is 2.75. The van der Waals surface area contributed by atoms with Crippen LogP contribution in [0.5, 0.6) is 5.75 Å². The Hall–Kier alpha value is -1.87. The van der Waals surface area contributed by atoms with E-state index >= 15 is 0 Å². The number of halogens is 1. The molecular weight excluding hydrogens is 265 g/mol. The number of aryl methyl sites for hydroxylation is 2. The van der Waals surface area contributed by atoms with Crippen molar-refractivity contribution >= 4 is 0 Å². The minimum Gasteiger partial charge on any atom is -0.494 e. The molecule has 2 N–H and O–H groups in total. The number of hydrogen-bond donors (Lipinski definition) is 1. The predicted molar refractivity (Wildman–Crippen MR) is 84.4 cm³/mol. The Labute approximate surface area is 125 Å². The zero-order chi connectivity index (χ0) is 15.4. The van der Waals surface area contributed by atoms with Gasteiger partial charge in [-0.3, -0.25) is 0 Å². The number of methoxy groups -OCH3 is 1. The third kappa shape index (κ3) is 3.82. The molecule has 0 aliphatic carbocycles. The van der Waals surface area contributed by atoms with E-state index < -0.39 is 0 Å². The molecule has 3 heteroatoms. The maximum atomic E-state index is 13.8. The van der Waals surface area contributed by atoms with Crippen LogP contribution in [0.2, 0.25) is 0 Å². The van der Waals surface area contributed by atoms with Crippen LogP contribution in [0.1, 0.15) is 28.2 Å². The summed E-state index contributed by atoms with van der Waals surface area (Å²) >= 11 is 0. The maximum absolute atomic E-state index is 13.8. The van der Waals surface area contributed by atoms with Crippen molar-refractivity contribution in [3.8, 4) is 5.75 Å². The zero-order valence-electron chi connectivity index (χ0n) is 12.8. The van der Waals surface area contributed by atoms with Crippen molar-refractivity contribution in [2.75, 3.05) is 13.7 Å². The molecule has 2 aromatic carbocycles. The SMILES string of the molecule is COc1ccc(C(CN)Cc2cc(C)cc(C)c2)cc1F. The van der Waals surface area contributed by atoms with E-state index in [-0.39, 0.29) is 17.5 Å². The van der Waals surface area contributed by atoms with E-state index in [1.807, 2.05) is 6.07 Å². The molecule has 0 saturated carbocycles. The second kappa shape index (κ2) is 6.72. The summed E-state index contributed by atoms with van der Waals surface area (Å²) in [5, 5.41) is 0. The smallest absolute Gasteiger partial charge is 0.165 e. The largest absolute Gasteiger partial charge is 0.494 e. The first kappa shape index (κ1) is 15.5. The van der Waals surface area contributed by atoms with Gasteiger partial charge in [0.1, 0.15) is 0 Å². The Kier molecular flexibility index (Phi) is 4.97. The lowest BCUT2D eigenvalue weighted by atomic mass is 9.90. The second-order valence-electron chi connectivity index (χ2n) is 5.53. The van der Waals surface area contributed by atoms with Crippen molar-refractivity contribution in [3.05, 3.63) is 64.5 Å². The molecular formula is C18H22FNO. The maximum Gasteiger partial charge on any atom is 0.165 e. The van der Waals surface area contributed by atoms with Gasteiger partial charge in [-0.1, -0.05) is 35.4 Å². The van der Waals surface area contributed by atoms with Crippen LogP contribution in [0, 0.1) is 19.7 Å². The predicted octanol–water partition coefficient (Wildman–Crippen LogP) is 3.74. The third-order valence-corrected chi connectivity index (χ3v) is 3.70. The van der Waals surface area contributed by atoms with Gasteiger partial charge < -0.3 is 10.5 Å². The lowest BCUT2D eigenvalue weighted by Crippen LogP contribution is -2.15. The fourth-order valence-electron chi connectivity index (χ4n) is 2.75. The summed E-state index contributed by atoms with van der Waals surface area (Å²) in [7, 11) is 1.47. The molecule has 0 bridgehead atoms. The summed E-state index contributed by atoms with van der Waals surface area (Å²) in [6.45, 7) is 4.65. The normalized spacial score (nSPS) is 12.2. The Morgan fingerprint density at radius 3 is 2.29 bits per heavy atom. The number of benzene rings is 2. The molecule has 2 aromatic rings. The minimum absolute atomic E-state index is 0.103. The Balaban J connectivity index is 2.25. The topological polar surface area (TPSA) is 35.2 Å². The van der Waals surface area contributed by atoms with E-state index in [2.05, 4.69) is 32.0 Å². The molecule has 2 rings (SSSR count). The van der Waals surface area contributed by atoms with Crippen molar-refractivity contribution in [1.82, 2.24) is 0 Å². The summed E-state index contributed by atoms with van der Waals surface area (Å²) in [5.74, 6) is 0.0291. The molecule has 0 saturated heterocycles. The molecule has 112 valence electrons. The molecule has 0 spiro atoms. The minimum atomic E-state index is -0.339. The van der Waals surface area contributed by atoms with Crippen LogP contribution in [0.3, 0.4) is 0 Å². The van der Waals surface area contributed by atoms with Gasteiger partial charge in [0.2, 0.25) is 0 Å². The average Bonchev–Trinajstić information content (AvgIpc) is 2.43. The van der Waals surface area contributed by atoms with Crippen molar-refractivity contribution in [1.29, 1.82) is 0 Å². The van der Waals surface area contributed by atoms with Crippen molar-refractivity contribution in [2.45, 2.75) is 26.2 Å². The first-order valence-corrected chi connectivity index (χ1v) is 7.14. The summed E-state index contributed by atoms with van der Waals surface area (Å²) < 4.78 is 18.8. The van der Waals surface area contributed by atoms with Gasteiger partial charge in [0.05, 0.1) is 7.11 Å². The highest BCUT2D eigenvalue weighted by Gasteiger charge is 2.14. The highest BCUT2D eigenvalue weighted by atomic mass is 19.1. The summed E-state index contributed by atoms with van der Waals surface area (Å²) in [6.07, 6.45) is 0.810. The van der Waals surface area contributed by atoms with Gasteiger partial charge in [-0.05, 0) is 50.1 Å². The molecule has 1 atom stereocenters. The average molecular weight is 287 g/mol. The second-order valence-corrected chi connectivity index (χ2v) is 5.53. The van der Waals surface area contributed by atoms with E-state index in [1.54, 1.807) is 6.07 Å². The van der Waals surface area contributed by atoms with Crippen LogP contribution in [-0.2, 0) is 6.42 Å². The van der Waals surface area contributed by atoms with E-state index in [0.717, 1.165) is 12.0 Å². The van der Waals surface area contributed by atoms with Crippen LogP contribution >= 0.6 is 0 Å².